The van der Waals surface area contributed by atoms with E-state index in [9.17, 15) is 0 Å². The molecule has 0 spiro atoms. The van der Waals surface area contributed by atoms with Gasteiger partial charge in [0.2, 0.25) is 0 Å². The van der Waals surface area contributed by atoms with Gasteiger partial charge in [-0.15, -0.1) is 0 Å². The number of hydrogen-bond acceptors (Lipinski definition) is 2. The van der Waals surface area contributed by atoms with Crippen molar-refractivity contribution in [3.8, 4) is 5.69 Å². The van der Waals surface area contributed by atoms with Gasteiger partial charge in [0.05, 0.1) is 0 Å². The molecule has 0 radical (unpaired) electrons. The van der Waals surface area contributed by atoms with E-state index in [0.717, 1.165) is 17.2 Å². The summed E-state index contributed by atoms with van der Waals surface area (Å²) >= 11 is 3.03. The van der Waals surface area contributed by atoms with Crippen molar-refractivity contribution in [2.24, 2.45) is 4.99 Å². The van der Waals surface area contributed by atoms with Crippen LogP contribution in [0.25, 0.3) is 5.69 Å². The van der Waals surface area contributed by atoms with Crippen LogP contribution in [0.1, 0.15) is 38.1 Å². The fraction of sp³-hybridized carbons (Fsp3) is 0.286. The summed E-state index contributed by atoms with van der Waals surface area (Å²) in [7, 11) is 0. The van der Waals surface area contributed by atoms with E-state index in [1.54, 1.807) is 0 Å². The van der Waals surface area contributed by atoms with Crippen molar-refractivity contribution in [3.63, 3.8) is 0 Å². The summed E-state index contributed by atoms with van der Waals surface area (Å²) in [5.74, 6) is 0.809. The van der Waals surface area contributed by atoms with Crippen LogP contribution in [0.15, 0.2) is 71.9 Å². The van der Waals surface area contributed by atoms with E-state index in [2.05, 4.69) is 44.3 Å². The summed E-state index contributed by atoms with van der Waals surface area (Å²) in [6, 6.07) is 20.7. The average molecular weight is 424 g/mol. The number of aliphatic imine (C=N–C) groups is 1. The minimum absolute atomic E-state index is 0.462. The standard InChI is InChI=1S/C21H23N5Se/c27-21(22-17-10-4-1-5-11-17)23-20-16-25(18-12-6-2-7-13-18)24-26(20)19-14-8-3-9-15-19/h1,3-5,8-11,14-16,18H,2,6-7,12-13H2,(H-,22,23,24,27). The SMILES string of the molecule is [Se-]/C(=N\c1c[n+](C2CCCCC2)nn1-c1ccccc1)Nc1ccccc1. The van der Waals surface area contributed by atoms with Gasteiger partial charge in [0.25, 0.3) is 0 Å². The Morgan fingerprint density at radius 2 is 1.67 bits per heavy atom. The fourth-order valence-corrected chi connectivity index (χ4v) is 3.92. The topological polar surface area (TPSA) is 46.1 Å². The van der Waals surface area contributed by atoms with Gasteiger partial charge in [0.1, 0.15) is 0 Å². The number of hydrogen-bond donors (Lipinski definition) is 1. The van der Waals surface area contributed by atoms with Crippen LogP contribution in [0.3, 0.4) is 0 Å². The number of rotatable bonds is 4. The Bertz CT molecular complexity index is 899. The van der Waals surface area contributed by atoms with Gasteiger partial charge in [-0.05, 0) is 0 Å². The number of para-hydroxylation sites is 2. The van der Waals surface area contributed by atoms with Crippen LogP contribution in [0.5, 0.6) is 0 Å². The third-order valence-corrected chi connectivity index (χ3v) is 5.25. The molecule has 27 heavy (non-hydrogen) atoms. The predicted octanol–water partition coefficient (Wildman–Crippen LogP) is 3.93. The number of benzene rings is 2. The summed E-state index contributed by atoms with van der Waals surface area (Å²) in [4.78, 5) is 4.78. The summed E-state index contributed by atoms with van der Waals surface area (Å²) in [6.07, 6.45) is 8.32. The van der Waals surface area contributed by atoms with Gasteiger partial charge < -0.3 is 0 Å². The van der Waals surface area contributed by atoms with Crippen molar-refractivity contribution >= 4 is 32.3 Å². The van der Waals surface area contributed by atoms with E-state index in [1.807, 2.05) is 53.2 Å². The van der Waals surface area contributed by atoms with Crippen molar-refractivity contribution in [3.05, 3.63) is 66.9 Å². The van der Waals surface area contributed by atoms with E-state index >= 15 is 0 Å². The van der Waals surface area contributed by atoms with Crippen molar-refractivity contribution in [1.29, 1.82) is 0 Å². The van der Waals surface area contributed by atoms with Gasteiger partial charge in [-0.3, -0.25) is 0 Å². The molecule has 5 nitrogen and oxygen atoms in total. The number of nitrogens with one attached hydrogen (secondary N) is 1. The van der Waals surface area contributed by atoms with E-state index in [0.29, 0.717) is 10.8 Å². The Morgan fingerprint density at radius 3 is 2.37 bits per heavy atom. The van der Waals surface area contributed by atoms with Gasteiger partial charge >= 0.3 is 168 Å². The normalized spacial score (nSPS) is 15.6. The summed E-state index contributed by atoms with van der Waals surface area (Å²) in [5.41, 5.74) is 2.01. The molecule has 0 amide bonds. The first-order valence-corrected chi connectivity index (χ1v) is 10.3. The molecule has 0 unspecified atom stereocenters. The summed E-state index contributed by atoms with van der Waals surface area (Å²) in [6.45, 7) is 0. The molecule has 1 aliphatic carbocycles. The number of aromatic nitrogens is 3. The number of anilines is 1. The Hall–Kier alpha value is -2.43. The van der Waals surface area contributed by atoms with Crippen LogP contribution in [0.2, 0.25) is 0 Å². The summed E-state index contributed by atoms with van der Waals surface area (Å²) in [5, 5.41) is 8.15. The van der Waals surface area contributed by atoms with E-state index < -0.39 is 0 Å². The van der Waals surface area contributed by atoms with Crippen LogP contribution < -0.4 is 10.00 Å². The predicted molar refractivity (Wildman–Crippen MR) is 109 cm³/mol. The molecule has 1 aliphatic rings. The Morgan fingerprint density at radius 1 is 1.00 bits per heavy atom. The third-order valence-electron chi connectivity index (χ3n) is 4.85. The van der Waals surface area contributed by atoms with Gasteiger partial charge in [-0.25, -0.2) is 0 Å². The summed E-state index contributed by atoms with van der Waals surface area (Å²) < 4.78 is 4.73. The quantitative estimate of drug-likeness (QED) is 0.299. The molecule has 2 aromatic carbocycles. The second kappa shape index (κ2) is 8.51. The molecule has 3 aromatic rings. The van der Waals surface area contributed by atoms with Gasteiger partial charge in [0, 0.05) is 0 Å². The molecule has 138 valence electrons. The minimum atomic E-state index is 0.462. The average Bonchev–Trinajstić information content (AvgIpc) is 3.14. The Kier molecular flexibility index (Phi) is 5.66. The molecular weight excluding hydrogens is 401 g/mol. The van der Waals surface area contributed by atoms with E-state index in [-0.39, 0.29) is 0 Å². The van der Waals surface area contributed by atoms with Crippen molar-refractivity contribution < 1.29 is 4.68 Å². The molecule has 0 aliphatic heterocycles. The number of nitrogens with zero attached hydrogens (tertiary/aromatic N) is 4. The first kappa shape index (κ1) is 18.0. The second-order valence-corrected chi connectivity index (χ2v) is 7.62. The molecular formula is C21H23N5Se. The Balaban J connectivity index is 1.67. The van der Waals surface area contributed by atoms with Gasteiger partial charge in [0.15, 0.2) is 0 Å². The Labute approximate surface area is 167 Å². The maximum atomic E-state index is 4.85. The molecule has 6 heteroatoms. The van der Waals surface area contributed by atoms with Crippen LogP contribution >= 0.6 is 0 Å². The van der Waals surface area contributed by atoms with Crippen LogP contribution in [-0.2, 0) is 0 Å². The first-order chi connectivity index (χ1) is 13.3. The maximum absolute atomic E-state index is 4.85. The van der Waals surface area contributed by atoms with E-state index in [1.165, 1.54) is 32.1 Å². The second-order valence-electron chi connectivity index (χ2n) is 6.80. The monoisotopic (exact) mass is 425 g/mol. The van der Waals surface area contributed by atoms with Crippen molar-refractivity contribution in [2.75, 3.05) is 5.32 Å². The zero-order valence-electron chi connectivity index (χ0n) is 15.2. The van der Waals surface area contributed by atoms with Crippen LogP contribution in [0.4, 0.5) is 11.5 Å². The zero-order chi connectivity index (χ0) is 18.5. The van der Waals surface area contributed by atoms with E-state index in [4.69, 9.17) is 10.2 Å². The molecule has 1 fully saturated rings. The molecule has 1 N–H and O–H groups in total. The van der Waals surface area contributed by atoms with Gasteiger partial charge in [-0.2, -0.15) is 0 Å². The molecule has 1 saturated carbocycles. The zero-order valence-corrected chi connectivity index (χ0v) is 16.9. The molecule has 0 bridgehead atoms. The van der Waals surface area contributed by atoms with Crippen LogP contribution in [0, 0.1) is 0 Å². The van der Waals surface area contributed by atoms with Crippen molar-refractivity contribution in [1.82, 2.24) is 9.90 Å². The van der Waals surface area contributed by atoms with Crippen molar-refractivity contribution in [2.45, 2.75) is 38.1 Å². The molecule has 4 rings (SSSR count). The third kappa shape index (κ3) is 4.46. The fourth-order valence-electron chi connectivity index (χ4n) is 3.48. The van der Waals surface area contributed by atoms with Gasteiger partial charge in [-0.1, -0.05) is 0 Å². The first-order valence-electron chi connectivity index (χ1n) is 9.44. The number of amidine groups is 1. The van der Waals surface area contributed by atoms with Crippen LogP contribution in [-0.4, -0.2) is 30.6 Å². The molecule has 1 heterocycles. The molecule has 0 saturated heterocycles. The molecule has 1 aromatic heterocycles. The molecule has 0 atom stereocenters.